The van der Waals surface area contributed by atoms with Crippen molar-refractivity contribution < 1.29 is 26.3 Å². The van der Waals surface area contributed by atoms with Gasteiger partial charge in [-0.25, -0.2) is 4.79 Å². The number of benzene rings is 3. The Kier molecular flexibility index (Phi) is 12.3. The fourth-order valence-corrected chi connectivity index (χ4v) is 5.43. The van der Waals surface area contributed by atoms with Gasteiger partial charge in [0.2, 0.25) is 0 Å². The highest BCUT2D eigenvalue weighted by Gasteiger charge is 2.26. The largest absolute Gasteiger partial charge is 1.00 e. The smallest absolute Gasteiger partial charge is 0.324 e. The first-order chi connectivity index (χ1) is 17.2. The van der Waals surface area contributed by atoms with Crippen LogP contribution in [0, 0.1) is 13.8 Å². The number of rotatable bonds is 11. The summed E-state index contributed by atoms with van der Waals surface area (Å²) in [5.74, 6) is 0. The van der Waals surface area contributed by atoms with Crippen LogP contribution in [0.15, 0.2) is 77.3 Å². The van der Waals surface area contributed by atoms with E-state index in [4.69, 9.17) is 0 Å². The van der Waals surface area contributed by atoms with Crippen LogP contribution in [0.1, 0.15) is 42.5 Å². The molecule has 0 unspecified atom stereocenters. The van der Waals surface area contributed by atoms with E-state index in [1.165, 1.54) is 16.7 Å². The van der Waals surface area contributed by atoms with Crippen LogP contribution >= 0.6 is 15.9 Å². The monoisotopic (exact) mass is 629 g/mol. The quantitative estimate of drug-likeness (QED) is 0.285. The van der Waals surface area contributed by atoms with E-state index in [9.17, 15) is 4.79 Å². The lowest BCUT2D eigenvalue weighted by atomic mass is 10.1. The second-order valence-electron chi connectivity index (χ2n) is 9.93. The highest BCUT2D eigenvalue weighted by atomic mass is 79.9. The molecule has 3 aromatic carbocycles. The van der Waals surface area contributed by atoms with Crippen molar-refractivity contribution in [2.45, 2.75) is 47.2 Å². The zero-order valence-electron chi connectivity index (χ0n) is 22.9. The molecule has 37 heavy (non-hydrogen) atoms. The SMILES string of the molecule is CC[N+](CC)(CCCN(Cc1ccccc1)C(=O)N(C)c1cccc(Br)c1)Cc1cc(C)cc(C)c1.[Br-]. The van der Waals surface area contributed by atoms with Gasteiger partial charge in [-0.2, -0.15) is 0 Å². The maximum atomic E-state index is 13.7. The molecular formula is C31H41Br2N3O. The minimum absolute atomic E-state index is 0. The van der Waals surface area contributed by atoms with Crippen molar-refractivity contribution in [3.05, 3.63) is 99.5 Å². The molecule has 6 heteroatoms. The zero-order valence-corrected chi connectivity index (χ0v) is 26.1. The van der Waals surface area contributed by atoms with Crippen LogP contribution in [0.25, 0.3) is 0 Å². The van der Waals surface area contributed by atoms with Gasteiger partial charge in [0.15, 0.2) is 0 Å². The highest BCUT2D eigenvalue weighted by Crippen LogP contribution is 2.22. The van der Waals surface area contributed by atoms with Gasteiger partial charge in [-0.15, -0.1) is 0 Å². The van der Waals surface area contributed by atoms with Crippen LogP contribution in [-0.2, 0) is 13.1 Å². The molecule has 0 bridgehead atoms. The number of halogens is 2. The number of nitrogens with zero attached hydrogens (tertiary/aromatic N) is 3. The Morgan fingerprint density at radius 1 is 0.865 bits per heavy atom. The molecule has 0 radical (unpaired) electrons. The predicted octanol–water partition coefficient (Wildman–Crippen LogP) is 4.58. The van der Waals surface area contributed by atoms with Crippen molar-refractivity contribution in [3.8, 4) is 0 Å². The first-order valence-electron chi connectivity index (χ1n) is 13.0. The molecular weight excluding hydrogens is 590 g/mol. The van der Waals surface area contributed by atoms with Gasteiger partial charge >= 0.3 is 6.03 Å². The van der Waals surface area contributed by atoms with Gasteiger partial charge in [0, 0.05) is 42.3 Å². The third-order valence-electron chi connectivity index (χ3n) is 7.17. The van der Waals surface area contributed by atoms with Crippen LogP contribution in [0.3, 0.4) is 0 Å². The van der Waals surface area contributed by atoms with Crippen molar-refractivity contribution in [1.82, 2.24) is 4.90 Å². The lowest BCUT2D eigenvalue weighted by molar-refractivity contribution is -0.937. The number of hydrogen-bond donors (Lipinski definition) is 0. The van der Waals surface area contributed by atoms with E-state index in [0.29, 0.717) is 6.54 Å². The number of urea groups is 1. The molecule has 0 spiro atoms. The average Bonchev–Trinajstić information content (AvgIpc) is 2.86. The average molecular weight is 631 g/mol. The Bertz CT molecular complexity index is 1110. The Hall–Kier alpha value is -2.15. The summed E-state index contributed by atoms with van der Waals surface area (Å²) >= 11 is 3.53. The van der Waals surface area contributed by atoms with Gasteiger partial charge in [-0.05, 0) is 51.5 Å². The number of anilines is 1. The van der Waals surface area contributed by atoms with E-state index in [0.717, 1.165) is 59.4 Å². The molecule has 0 aliphatic rings. The fraction of sp³-hybridized carbons (Fsp3) is 0.387. The lowest BCUT2D eigenvalue weighted by Crippen LogP contribution is -3.00. The molecule has 3 aromatic rings. The van der Waals surface area contributed by atoms with Crippen LogP contribution in [0.5, 0.6) is 0 Å². The molecule has 0 atom stereocenters. The molecule has 0 aliphatic heterocycles. The van der Waals surface area contributed by atoms with Crippen molar-refractivity contribution in [3.63, 3.8) is 0 Å². The van der Waals surface area contributed by atoms with Crippen LogP contribution in [0.2, 0.25) is 0 Å². The minimum Gasteiger partial charge on any atom is -1.00 e. The molecule has 0 saturated carbocycles. The zero-order chi connectivity index (χ0) is 26.1. The number of carbonyl (C=O) groups excluding carboxylic acids is 1. The summed E-state index contributed by atoms with van der Waals surface area (Å²) in [6, 6.07) is 25.1. The van der Waals surface area contributed by atoms with Crippen molar-refractivity contribution in [2.24, 2.45) is 0 Å². The van der Waals surface area contributed by atoms with E-state index >= 15 is 0 Å². The Labute approximate surface area is 242 Å². The van der Waals surface area contributed by atoms with Gasteiger partial charge in [-0.1, -0.05) is 81.7 Å². The standard InChI is InChI=1S/C31H41BrN3O.BrH/c1-6-35(7-2,24-28-20-25(3)19-26(4)21-28)18-12-17-34(23-27-13-9-8-10-14-27)31(36)33(5)30-16-11-15-29(32)22-30;/h8-11,13-16,19-22H,6-7,12,17-18,23-24H2,1-5H3;1H/q+1;/p-1. The van der Waals surface area contributed by atoms with Crippen LogP contribution < -0.4 is 21.9 Å². The molecule has 3 rings (SSSR count). The first-order valence-corrected chi connectivity index (χ1v) is 13.8. The number of quaternary nitrogens is 1. The molecule has 0 saturated heterocycles. The van der Waals surface area contributed by atoms with Gasteiger partial charge in [0.1, 0.15) is 6.54 Å². The number of amides is 2. The van der Waals surface area contributed by atoms with E-state index in [-0.39, 0.29) is 23.0 Å². The van der Waals surface area contributed by atoms with E-state index in [1.807, 2.05) is 54.4 Å². The molecule has 0 aromatic heterocycles. The number of carbonyl (C=O) groups is 1. The number of hydrogen-bond acceptors (Lipinski definition) is 1. The van der Waals surface area contributed by atoms with Gasteiger partial charge in [0.25, 0.3) is 0 Å². The van der Waals surface area contributed by atoms with Crippen molar-refractivity contribution in [1.29, 1.82) is 0 Å². The second kappa shape index (κ2) is 14.7. The van der Waals surface area contributed by atoms with E-state index in [1.54, 1.807) is 4.90 Å². The molecule has 0 N–H and O–H groups in total. The summed E-state index contributed by atoms with van der Waals surface area (Å²) in [6.07, 6.45) is 0.956. The van der Waals surface area contributed by atoms with Crippen LogP contribution in [0.4, 0.5) is 10.5 Å². The summed E-state index contributed by atoms with van der Waals surface area (Å²) in [5, 5.41) is 0. The molecule has 200 valence electrons. The lowest BCUT2D eigenvalue weighted by Gasteiger charge is -2.38. The summed E-state index contributed by atoms with van der Waals surface area (Å²) in [5.41, 5.74) is 6.09. The summed E-state index contributed by atoms with van der Waals surface area (Å²) < 4.78 is 1.99. The van der Waals surface area contributed by atoms with Crippen molar-refractivity contribution in [2.75, 3.05) is 38.1 Å². The van der Waals surface area contributed by atoms with Crippen molar-refractivity contribution >= 4 is 27.6 Å². The van der Waals surface area contributed by atoms with Gasteiger partial charge < -0.3 is 26.4 Å². The maximum Gasteiger partial charge on any atom is 0.324 e. The van der Waals surface area contributed by atoms with Gasteiger partial charge in [-0.3, -0.25) is 4.90 Å². The highest BCUT2D eigenvalue weighted by molar-refractivity contribution is 9.10. The predicted molar refractivity (Wildman–Crippen MR) is 155 cm³/mol. The summed E-state index contributed by atoms with van der Waals surface area (Å²) in [6.45, 7) is 14.5. The Balaban J connectivity index is 0.00000481. The Morgan fingerprint density at radius 2 is 1.51 bits per heavy atom. The molecule has 4 nitrogen and oxygen atoms in total. The topological polar surface area (TPSA) is 23.6 Å². The minimum atomic E-state index is 0. The Morgan fingerprint density at radius 3 is 2.11 bits per heavy atom. The fourth-order valence-electron chi connectivity index (χ4n) is 5.04. The summed E-state index contributed by atoms with van der Waals surface area (Å²) in [4.78, 5) is 17.4. The third-order valence-corrected chi connectivity index (χ3v) is 7.66. The first kappa shape index (κ1) is 31.1. The van der Waals surface area contributed by atoms with E-state index in [2.05, 4.69) is 74.0 Å². The molecule has 0 aliphatic carbocycles. The third kappa shape index (κ3) is 8.98. The van der Waals surface area contributed by atoms with Gasteiger partial charge in [0.05, 0.1) is 19.6 Å². The van der Waals surface area contributed by atoms with Crippen LogP contribution in [-0.4, -0.2) is 48.6 Å². The van der Waals surface area contributed by atoms with E-state index < -0.39 is 0 Å². The normalized spacial score (nSPS) is 11.1. The molecule has 2 amide bonds. The molecule has 0 fully saturated rings. The maximum absolute atomic E-state index is 13.7. The number of aryl methyl sites for hydroxylation is 2. The summed E-state index contributed by atoms with van der Waals surface area (Å²) in [7, 11) is 1.86. The molecule has 0 heterocycles. The second-order valence-corrected chi connectivity index (χ2v) is 10.8.